The molecule has 1 amide bonds. The largest absolute Gasteiger partial charge is 0.383 e. The molecule has 0 saturated carbocycles. The van der Waals surface area contributed by atoms with Crippen molar-refractivity contribution in [1.29, 1.82) is 0 Å². The second kappa shape index (κ2) is 5.13. The lowest BCUT2D eigenvalue weighted by molar-refractivity contribution is 0.102. The van der Waals surface area contributed by atoms with Crippen molar-refractivity contribution in [3.8, 4) is 0 Å². The van der Waals surface area contributed by atoms with Crippen LogP contribution in [0.2, 0.25) is 0 Å². The number of hydrogen-bond acceptors (Lipinski definition) is 3. The third kappa shape index (κ3) is 2.94. The van der Waals surface area contributed by atoms with Gasteiger partial charge in [-0.15, -0.1) is 0 Å². The molecule has 0 fully saturated rings. The van der Waals surface area contributed by atoms with Gasteiger partial charge < -0.3 is 11.1 Å². The Bertz CT molecular complexity index is 540. The van der Waals surface area contributed by atoms with Crippen LogP contribution in [0.1, 0.15) is 10.4 Å². The van der Waals surface area contributed by atoms with Crippen molar-refractivity contribution < 1.29 is 4.79 Å². The van der Waals surface area contributed by atoms with E-state index in [0.29, 0.717) is 5.56 Å². The average Bonchev–Trinajstić information content (AvgIpc) is 2.32. The van der Waals surface area contributed by atoms with Crippen LogP contribution in [-0.2, 0) is 0 Å². The summed E-state index contributed by atoms with van der Waals surface area (Å²) in [6.45, 7) is 0. The number of hydrogen-bond donors (Lipinski definition) is 2. The molecule has 0 atom stereocenters. The van der Waals surface area contributed by atoms with Gasteiger partial charge in [-0.25, -0.2) is 4.98 Å². The molecule has 0 aliphatic heterocycles. The van der Waals surface area contributed by atoms with E-state index in [9.17, 15) is 4.79 Å². The van der Waals surface area contributed by atoms with Gasteiger partial charge in [0.2, 0.25) is 0 Å². The normalized spacial score (nSPS) is 9.94. The van der Waals surface area contributed by atoms with Crippen molar-refractivity contribution in [3.05, 3.63) is 51.7 Å². The third-order valence-electron chi connectivity index (χ3n) is 2.19. The first-order valence-electron chi connectivity index (χ1n) is 4.94. The van der Waals surface area contributed by atoms with Crippen molar-refractivity contribution in [2.45, 2.75) is 0 Å². The van der Waals surface area contributed by atoms with Crippen LogP contribution >= 0.6 is 22.6 Å². The van der Waals surface area contributed by atoms with E-state index < -0.39 is 0 Å². The first-order valence-corrected chi connectivity index (χ1v) is 6.02. The maximum atomic E-state index is 11.9. The molecule has 5 heteroatoms. The minimum Gasteiger partial charge on any atom is -0.383 e. The van der Waals surface area contributed by atoms with E-state index >= 15 is 0 Å². The van der Waals surface area contributed by atoms with Gasteiger partial charge >= 0.3 is 0 Å². The summed E-state index contributed by atoms with van der Waals surface area (Å²) in [5, 5.41) is 2.76. The molecule has 0 saturated heterocycles. The van der Waals surface area contributed by atoms with E-state index in [4.69, 9.17) is 5.73 Å². The van der Waals surface area contributed by atoms with Gasteiger partial charge in [0.05, 0.1) is 5.56 Å². The molecule has 2 aromatic rings. The van der Waals surface area contributed by atoms with Crippen LogP contribution in [0.3, 0.4) is 0 Å². The fraction of sp³-hybridized carbons (Fsp3) is 0. The summed E-state index contributed by atoms with van der Waals surface area (Å²) in [5.74, 6) is -0.0210. The zero-order valence-electron chi connectivity index (χ0n) is 8.85. The number of rotatable bonds is 2. The molecule has 1 aromatic carbocycles. The minimum atomic E-state index is -0.253. The van der Waals surface area contributed by atoms with Crippen LogP contribution in [-0.4, -0.2) is 10.9 Å². The molecule has 0 unspecified atom stereocenters. The van der Waals surface area contributed by atoms with Gasteiger partial charge in [-0.2, -0.15) is 0 Å². The van der Waals surface area contributed by atoms with Crippen molar-refractivity contribution in [2.24, 2.45) is 0 Å². The van der Waals surface area contributed by atoms with E-state index in [1.807, 2.05) is 24.3 Å². The van der Waals surface area contributed by atoms with Crippen LogP contribution in [0, 0.1) is 3.57 Å². The van der Waals surface area contributed by atoms with E-state index in [0.717, 1.165) is 9.26 Å². The number of anilines is 2. The summed E-state index contributed by atoms with van der Waals surface area (Å²) < 4.78 is 1.11. The Kier molecular flexibility index (Phi) is 3.58. The highest BCUT2D eigenvalue weighted by Crippen LogP contribution is 2.14. The molecule has 1 heterocycles. The Balaban J connectivity index is 2.17. The van der Waals surface area contributed by atoms with Crippen LogP contribution in [0.5, 0.6) is 0 Å². The molecule has 17 heavy (non-hydrogen) atoms. The number of nitrogen functional groups attached to an aromatic ring is 1. The maximum Gasteiger partial charge on any atom is 0.259 e. The zero-order chi connectivity index (χ0) is 12.3. The molecule has 4 nitrogen and oxygen atoms in total. The van der Waals surface area contributed by atoms with Gasteiger partial charge in [0.15, 0.2) is 0 Å². The Morgan fingerprint density at radius 2 is 1.94 bits per heavy atom. The van der Waals surface area contributed by atoms with Crippen LogP contribution in [0.4, 0.5) is 11.5 Å². The molecule has 3 N–H and O–H groups in total. The molecule has 1 aromatic heterocycles. The fourth-order valence-electron chi connectivity index (χ4n) is 1.34. The summed E-state index contributed by atoms with van der Waals surface area (Å²) in [6, 6.07) is 10.8. The van der Waals surface area contributed by atoms with Gasteiger partial charge in [0.25, 0.3) is 5.91 Å². The predicted molar refractivity (Wildman–Crippen MR) is 75.8 cm³/mol. The summed E-state index contributed by atoms with van der Waals surface area (Å²) in [6.07, 6.45) is 1.55. The van der Waals surface area contributed by atoms with Crippen LogP contribution in [0.15, 0.2) is 42.6 Å². The standard InChI is InChI=1S/C12H10IN3O/c13-8-3-5-9(6-4-8)16-12(17)10-2-1-7-15-11(10)14/h1-7H,(H2,14,15)(H,16,17). The second-order valence-electron chi connectivity index (χ2n) is 3.40. The highest BCUT2D eigenvalue weighted by atomic mass is 127. The van der Waals surface area contributed by atoms with Crippen molar-refractivity contribution in [1.82, 2.24) is 4.98 Å². The number of pyridine rings is 1. The smallest absolute Gasteiger partial charge is 0.259 e. The van der Waals surface area contributed by atoms with Crippen molar-refractivity contribution in [2.75, 3.05) is 11.1 Å². The van der Waals surface area contributed by atoms with Crippen molar-refractivity contribution >= 4 is 40.0 Å². The first-order chi connectivity index (χ1) is 8.16. The van der Waals surface area contributed by atoms with Gasteiger partial charge in [-0.05, 0) is 59.0 Å². The number of carbonyl (C=O) groups is 1. The van der Waals surface area contributed by atoms with Gasteiger partial charge in [-0.1, -0.05) is 0 Å². The molecule has 86 valence electrons. The van der Waals surface area contributed by atoms with E-state index in [1.165, 1.54) is 0 Å². The number of halogens is 1. The molecular formula is C12H10IN3O. The molecule has 0 bridgehead atoms. The lowest BCUT2D eigenvalue weighted by Crippen LogP contribution is -2.14. The molecule has 0 spiro atoms. The first kappa shape index (κ1) is 11.8. The topological polar surface area (TPSA) is 68.0 Å². The predicted octanol–water partition coefficient (Wildman–Crippen LogP) is 2.52. The summed E-state index contributed by atoms with van der Waals surface area (Å²) in [4.78, 5) is 15.8. The minimum absolute atomic E-state index is 0.232. The van der Waals surface area contributed by atoms with E-state index in [1.54, 1.807) is 18.3 Å². The second-order valence-corrected chi connectivity index (χ2v) is 4.64. The lowest BCUT2D eigenvalue weighted by atomic mass is 10.2. The molecular weight excluding hydrogens is 329 g/mol. The number of benzene rings is 1. The number of nitrogens with zero attached hydrogens (tertiary/aromatic N) is 1. The van der Waals surface area contributed by atoms with Gasteiger partial charge in [0.1, 0.15) is 5.82 Å². The SMILES string of the molecule is Nc1ncccc1C(=O)Nc1ccc(I)cc1. The number of nitrogens with one attached hydrogen (secondary N) is 1. The summed E-state index contributed by atoms with van der Waals surface area (Å²) in [5.41, 5.74) is 6.74. The Morgan fingerprint density at radius 1 is 1.24 bits per heavy atom. The quantitative estimate of drug-likeness (QED) is 0.827. The molecule has 0 aliphatic carbocycles. The zero-order valence-corrected chi connectivity index (χ0v) is 11.0. The Labute approximate surface area is 112 Å². The Hall–Kier alpha value is -1.63. The monoisotopic (exact) mass is 339 g/mol. The third-order valence-corrected chi connectivity index (χ3v) is 2.90. The van der Waals surface area contributed by atoms with Crippen LogP contribution < -0.4 is 11.1 Å². The van der Waals surface area contributed by atoms with E-state index in [2.05, 4.69) is 32.9 Å². The van der Waals surface area contributed by atoms with Crippen molar-refractivity contribution in [3.63, 3.8) is 0 Å². The highest BCUT2D eigenvalue weighted by molar-refractivity contribution is 14.1. The van der Waals surface area contributed by atoms with Crippen LogP contribution in [0.25, 0.3) is 0 Å². The number of aromatic nitrogens is 1. The van der Waals surface area contributed by atoms with Gasteiger partial charge in [0, 0.05) is 15.5 Å². The summed E-state index contributed by atoms with van der Waals surface area (Å²) >= 11 is 2.20. The number of nitrogens with two attached hydrogens (primary N) is 1. The average molecular weight is 339 g/mol. The Morgan fingerprint density at radius 3 is 2.59 bits per heavy atom. The number of amides is 1. The molecule has 0 radical (unpaired) electrons. The summed E-state index contributed by atoms with van der Waals surface area (Å²) in [7, 11) is 0. The highest BCUT2D eigenvalue weighted by Gasteiger charge is 2.09. The fourth-order valence-corrected chi connectivity index (χ4v) is 1.70. The lowest BCUT2D eigenvalue weighted by Gasteiger charge is -2.06. The van der Waals surface area contributed by atoms with Gasteiger partial charge in [-0.3, -0.25) is 4.79 Å². The molecule has 0 aliphatic rings. The maximum absolute atomic E-state index is 11.9. The van der Waals surface area contributed by atoms with E-state index in [-0.39, 0.29) is 11.7 Å². The molecule has 2 rings (SSSR count). The number of carbonyl (C=O) groups excluding carboxylic acids is 1.